The summed E-state index contributed by atoms with van der Waals surface area (Å²) in [5.41, 5.74) is 2.91. The molecule has 5 nitrogen and oxygen atoms in total. The number of anilines is 1. The molecule has 0 aliphatic heterocycles. The predicted molar refractivity (Wildman–Crippen MR) is 91.5 cm³/mol. The van der Waals surface area contributed by atoms with Gasteiger partial charge >= 0.3 is 6.03 Å². The molecule has 5 heteroatoms. The zero-order chi connectivity index (χ0) is 16.8. The van der Waals surface area contributed by atoms with Crippen molar-refractivity contribution < 1.29 is 14.6 Å². The van der Waals surface area contributed by atoms with Gasteiger partial charge in [0.2, 0.25) is 0 Å². The van der Waals surface area contributed by atoms with Crippen LogP contribution in [0.4, 0.5) is 10.5 Å². The van der Waals surface area contributed by atoms with Gasteiger partial charge in [-0.05, 0) is 63.1 Å². The molecule has 2 amide bonds. The summed E-state index contributed by atoms with van der Waals surface area (Å²) in [4.78, 5) is 12.1. The molecule has 1 fully saturated rings. The molecule has 23 heavy (non-hydrogen) atoms. The van der Waals surface area contributed by atoms with Gasteiger partial charge in [0.15, 0.2) is 0 Å². The summed E-state index contributed by atoms with van der Waals surface area (Å²) >= 11 is 0. The maximum Gasteiger partial charge on any atom is 0.319 e. The zero-order valence-corrected chi connectivity index (χ0v) is 14.3. The van der Waals surface area contributed by atoms with Crippen LogP contribution in [-0.2, 0) is 11.3 Å². The number of rotatable bonds is 6. The number of aliphatic hydroxyl groups excluding tert-OH is 1. The molecule has 0 radical (unpaired) electrons. The maximum atomic E-state index is 12.1. The highest BCUT2D eigenvalue weighted by Gasteiger charge is 2.23. The van der Waals surface area contributed by atoms with E-state index in [0.29, 0.717) is 19.1 Å². The number of amides is 2. The fourth-order valence-electron chi connectivity index (χ4n) is 2.87. The van der Waals surface area contributed by atoms with Gasteiger partial charge in [0.1, 0.15) is 0 Å². The lowest BCUT2D eigenvalue weighted by Gasteiger charge is -2.15. The first-order valence-electron chi connectivity index (χ1n) is 8.38. The topological polar surface area (TPSA) is 70.6 Å². The second-order valence-corrected chi connectivity index (χ2v) is 6.62. The number of benzene rings is 1. The molecule has 2 atom stereocenters. The minimum absolute atomic E-state index is 0.177. The first kappa shape index (κ1) is 17.8. The molecule has 2 rings (SSSR count). The normalized spacial score (nSPS) is 20.7. The molecule has 1 aromatic carbocycles. The van der Waals surface area contributed by atoms with Crippen LogP contribution in [0.25, 0.3) is 0 Å². The van der Waals surface area contributed by atoms with E-state index >= 15 is 0 Å². The molecule has 0 aromatic heterocycles. The summed E-state index contributed by atoms with van der Waals surface area (Å²) in [5, 5.41) is 15.3. The second-order valence-electron chi connectivity index (χ2n) is 6.62. The van der Waals surface area contributed by atoms with Crippen molar-refractivity contribution in [2.45, 2.75) is 58.8 Å². The second kappa shape index (κ2) is 8.31. The molecule has 0 unspecified atom stereocenters. The van der Waals surface area contributed by atoms with Crippen LogP contribution in [0.1, 0.15) is 44.2 Å². The van der Waals surface area contributed by atoms with Crippen LogP contribution in [0.5, 0.6) is 0 Å². The summed E-state index contributed by atoms with van der Waals surface area (Å²) in [6.45, 7) is 7.15. The van der Waals surface area contributed by atoms with E-state index < -0.39 is 0 Å². The summed E-state index contributed by atoms with van der Waals surface area (Å²) in [6.07, 6.45) is 2.57. The number of ether oxygens (including phenoxy) is 1. The van der Waals surface area contributed by atoms with Crippen molar-refractivity contribution in [3.8, 4) is 0 Å². The quantitative estimate of drug-likeness (QED) is 0.754. The van der Waals surface area contributed by atoms with Crippen LogP contribution in [0, 0.1) is 12.8 Å². The minimum atomic E-state index is -0.204. The Hall–Kier alpha value is -1.59. The van der Waals surface area contributed by atoms with E-state index in [-0.39, 0.29) is 18.2 Å². The van der Waals surface area contributed by atoms with Crippen molar-refractivity contribution in [2.75, 3.05) is 11.9 Å². The maximum absolute atomic E-state index is 12.1. The first-order valence-corrected chi connectivity index (χ1v) is 8.38. The fourth-order valence-corrected chi connectivity index (χ4v) is 2.87. The average Bonchev–Trinajstić information content (AvgIpc) is 2.91. The number of nitrogens with one attached hydrogen (secondary N) is 2. The van der Waals surface area contributed by atoms with E-state index in [1.165, 1.54) is 0 Å². The molecule has 1 aromatic rings. The van der Waals surface area contributed by atoms with Crippen molar-refractivity contribution in [1.82, 2.24) is 5.32 Å². The Labute approximate surface area is 138 Å². The Morgan fingerprint density at radius 3 is 2.83 bits per heavy atom. The molecule has 3 N–H and O–H groups in total. The van der Waals surface area contributed by atoms with E-state index in [2.05, 4.69) is 10.6 Å². The number of urea groups is 1. The van der Waals surface area contributed by atoms with Gasteiger partial charge in [-0.1, -0.05) is 12.1 Å². The zero-order valence-electron chi connectivity index (χ0n) is 14.3. The minimum Gasteiger partial charge on any atom is -0.393 e. The fraction of sp³-hybridized carbons (Fsp3) is 0.611. The highest BCUT2D eigenvalue weighted by Crippen LogP contribution is 2.24. The Morgan fingerprint density at radius 1 is 1.39 bits per heavy atom. The lowest BCUT2D eigenvalue weighted by Crippen LogP contribution is -2.32. The number of carbonyl (C=O) groups excluding carboxylic acids is 1. The van der Waals surface area contributed by atoms with Crippen LogP contribution in [0.2, 0.25) is 0 Å². The van der Waals surface area contributed by atoms with Gasteiger partial charge in [0, 0.05) is 12.2 Å². The molecule has 1 saturated carbocycles. The Morgan fingerprint density at radius 2 is 2.17 bits per heavy atom. The van der Waals surface area contributed by atoms with Gasteiger partial charge < -0.3 is 20.5 Å². The SMILES string of the molecule is Cc1c(COC(C)C)cccc1NC(=O)NC[C@@H]1CC[C@@H](O)C1. The Balaban J connectivity index is 1.86. The molecule has 0 heterocycles. The molecule has 1 aliphatic rings. The molecule has 0 spiro atoms. The van der Waals surface area contributed by atoms with Crippen molar-refractivity contribution in [1.29, 1.82) is 0 Å². The average molecular weight is 320 g/mol. The predicted octanol–water partition coefficient (Wildman–Crippen LogP) is 3.20. The smallest absolute Gasteiger partial charge is 0.319 e. The lowest BCUT2D eigenvalue weighted by atomic mass is 10.1. The third-order valence-electron chi connectivity index (χ3n) is 4.33. The van der Waals surface area contributed by atoms with Gasteiger partial charge in [0.25, 0.3) is 0 Å². The number of carbonyl (C=O) groups is 1. The Bertz CT molecular complexity index is 531. The standard InChI is InChI=1S/C18H28N2O3/c1-12(2)23-11-15-5-4-6-17(13(15)3)20-18(22)19-10-14-7-8-16(21)9-14/h4-6,12,14,16,21H,7-11H2,1-3H3,(H2,19,20,22)/t14-,16-/m1/s1. The van der Waals surface area contributed by atoms with Crippen molar-refractivity contribution >= 4 is 11.7 Å². The third kappa shape index (κ3) is 5.52. The molecule has 128 valence electrons. The van der Waals surface area contributed by atoms with E-state index in [9.17, 15) is 9.90 Å². The van der Waals surface area contributed by atoms with E-state index in [4.69, 9.17) is 4.74 Å². The largest absolute Gasteiger partial charge is 0.393 e. The van der Waals surface area contributed by atoms with Crippen molar-refractivity contribution in [3.63, 3.8) is 0 Å². The van der Waals surface area contributed by atoms with E-state index in [1.807, 2.05) is 39.0 Å². The van der Waals surface area contributed by atoms with E-state index in [1.54, 1.807) is 0 Å². The first-order chi connectivity index (χ1) is 11.0. The lowest BCUT2D eigenvalue weighted by molar-refractivity contribution is 0.0654. The van der Waals surface area contributed by atoms with Crippen LogP contribution < -0.4 is 10.6 Å². The summed E-state index contributed by atoms with van der Waals surface area (Å²) in [7, 11) is 0. The van der Waals surface area contributed by atoms with E-state index in [0.717, 1.165) is 36.1 Å². The summed E-state index contributed by atoms with van der Waals surface area (Å²) < 4.78 is 5.64. The number of hydrogen-bond donors (Lipinski definition) is 3. The Kier molecular flexibility index (Phi) is 6.42. The van der Waals surface area contributed by atoms with Crippen molar-refractivity contribution in [3.05, 3.63) is 29.3 Å². The van der Waals surface area contributed by atoms with Gasteiger partial charge in [0.05, 0.1) is 18.8 Å². The third-order valence-corrected chi connectivity index (χ3v) is 4.33. The molecular formula is C18H28N2O3. The van der Waals surface area contributed by atoms with Gasteiger partial charge in [-0.25, -0.2) is 4.79 Å². The molecular weight excluding hydrogens is 292 g/mol. The highest BCUT2D eigenvalue weighted by atomic mass is 16.5. The van der Waals surface area contributed by atoms with Crippen LogP contribution >= 0.6 is 0 Å². The van der Waals surface area contributed by atoms with Gasteiger partial charge in [-0.15, -0.1) is 0 Å². The molecule has 0 saturated heterocycles. The summed E-state index contributed by atoms with van der Waals surface area (Å²) in [5.74, 6) is 0.377. The molecule has 1 aliphatic carbocycles. The summed E-state index contributed by atoms with van der Waals surface area (Å²) in [6, 6.07) is 5.64. The van der Waals surface area contributed by atoms with Crippen molar-refractivity contribution in [2.24, 2.45) is 5.92 Å². The van der Waals surface area contributed by atoms with Gasteiger partial charge in [-0.2, -0.15) is 0 Å². The van der Waals surface area contributed by atoms with Crippen LogP contribution in [0.3, 0.4) is 0 Å². The number of hydrogen-bond acceptors (Lipinski definition) is 3. The van der Waals surface area contributed by atoms with Crippen LogP contribution in [-0.4, -0.2) is 29.9 Å². The van der Waals surface area contributed by atoms with Crippen LogP contribution in [0.15, 0.2) is 18.2 Å². The monoisotopic (exact) mass is 320 g/mol. The number of aliphatic hydroxyl groups is 1. The van der Waals surface area contributed by atoms with Gasteiger partial charge in [-0.3, -0.25) is 0 Å². The highest BCUT2D eigenvalue weighted by molar-refractivity contribution is 5.90. The molecule has 0 bridgehead atoms.